The van der Waals surface area contributed by atoms with Gasteiger partial charge in [0.1, 0.15) is 12.1 Å². The first-order valence-electron chi connectivity index (χ1n) is 7.23. The summed E-state index contributed by atoms with van der Waals surface area (Å²) in [7, 11) is 0. The Labute approximate surface area is 125 Å². The van der Waals surface area contributed by atoms with E-state index in [0.717, 1.165) is 18.4 Å². The van der Waals surface area contributed by atoms with Crippen LogP contribution in [-0.2, 0) is 22.4 Å². The van der Waals surface area contributed by atoms with Gasteiger partial charge in [-0.05, 0) is 37.3 Å². The van der Waals surface area contributed by atoms with Gasteiger partial charge >= 0.3 is 11.9 Å². The molecule has 0 amide bonds. The minimum absolute atomic E-state index is 0.361. The highest BCUT2D eigenvalue weighted by molar-refractivity contribution is 5.77. The Balaban J connectivity index is 2.56. The lowest BCUT2D eigenvalue weighted by atomic mass is 10.0. The van der Waals surface area contributed by atoms with Crippen LogP contribution < -0.4 is 5.32 Å². The molecule has 0 saturated heterocycles. The fraction of sp³-hybridized carbons (Fsp3) is 0.500. The van der Waals surface area contributed by atoms with E-state index in [9.17, 15) is 9.59 Å². The average molecular weight is 293 g/mol. The zero-order valence-electron chi connectivity index (χ0n) is 12.5. The SMILES string of the molecule is CCCc1ccc(CC[C@H](N[C@H](C)C(=O)O)C(=O)O)cc1. The van der Waals surface area contributed by atoms with Gasteiger partial charge < -0.3 is 10.2 Å². The van der Waals surface area contributed by atoms with Gasteiger partial charge in [-0.2, -0.15) is 0 Å². The van der Waals surface area contributed by atoms with Crippen molar-refractivity contribution in [1.29, 1.82) is 0 Å². The van der Waals surface area contributed by atoms with Crippen molar-refractivity contribution in [3.8, 4) is 0 Å². The van der Waals surface area contributed by atoms with E-state index in [-0.39, 0.29) is 0 Å². The Morgan fingerprint density at radius 1 is 1.05 bits per heavy atom. The monoisotopic (exact) mass is 293 g/mol. The highest BCUT2D eigenvalue weighted by Gasteiger charge is 2.22. The van der Waals surface area contributed by atoms with E-state index < -0.39 is 24.0 Å². The largest absolute Gasteiger partial charge is 0.480 e. The van der Waals surface area contributed by atoms with Crippen molar-refractivity contribution in [2.45, 2.75) is 51.6 Å². The second-order valence-corrected chi connectivity index (χ2v) is 5.22. The Hall–Kier alpha value is -1.88. The molecular weight excluding hydrogens is 270 g/mol. The number of hydrogen-bond donors (Lipinski definition) is 3. The van der Waals surface area contributed by atoms with Gasteiger partial charge in [0.2, 0.25) is 0 Å². The van der Waals surface area contributed by atoms with Gasteiger partial charge in [-0.1, -0.05) is 37.6 Å². The highest BCUT2D eigenvalue weighted by Crippen LogP contribution is 2.10. The lowest BCUT2D eigenvalue weighted by Crippen LogP contribution is -2.45. The second-order valence-electron chi connectivity index (χ2n) is 5.22. The summed E-state index contributed by atoms with van der Waals surface area (Å²) in [5.74, 6) is -2.07. The molecule has 0 heterocycles. The fourth-order valence-electron chi connectivity index (χ4n) is 2.12. The van der Waals surface area contributed by atoms with Crippen LogP contribution in [0.15, 0.2) is 24.3 Å². The molecule has 0 bridgehead atoms. The fourth-order valence-corrected chi connectivity index (χ4v) is 2.12. The Bertz CT molecular complexity index is 470. The minimum atomic E-state index is -1.05. The first-order chi connectivity index (χ1) is 9.93. The summed E-state index contributed by atoms with van der Waals surface area (Å²) < 4.78 is 0. The summed E-state index contributed by atoms with van der Waals surface area (Å²) in [5.41, 5.74) is 2.33. The Morgan fingerprint density at radius 2 is 1.57 bits per heavy atom. The predicted molar refractivity (Wildman–Crippen MR) is 80.4 cm³/mol. The molecule has 21 heavy (non-hydrogen) atoms. The van der Waals surface area contributed by atoms with Gasteiger partial charge in [0.05, 0.1) is 0 Å². The van der Waals surface area contributed by atoms with Crippen LogP contribution in [-0.4, -0.2) is 34.2 Å². The highest BCUT2D eigenvalue weighted by atomic mass is 16.4. The molecule has 0 aliphatic carbocycles. The zero-order chi connectivity index (χ0) is 15.8. The molecule has 116 valence electrons. The average Bonchev–Trinajstić information content (AvgIpc) is 2.44. The minimum Gasteiger partial charge on any atom is -0.480 e. The van der Waals surface area contributed by atoms with Crippen molar-refractivity contribution in [2.75, 3.05) is 0 Å². The third-order valence-corrected chi connectivity index (χ3v) is 3.40. The van der Waals surface area contributed by atoms with Gasteiger partial charge in [0, 0.05) is 0 Å². The molecule has 1 aromatic carbocycles. The smallest absolute Gasteiger partial charge is 0.320 e. The number of carbonyl (C=O) groups is 2. The van der Waals surface area contributed by atoms with Gasteiger partial charge in [0.15, 0.2) is 0 Å². The number of hydrogen-bond acceptors (Lipinski definition) is 3. The maximum atomic E-state index is 11.2. The molecule has 5 nitrogen and oxygen atoms in total. The molecule has 0 saturated carbocycles. The second kappa shape index (κ2) is 8.42. The number of nitrogens with one attached hydrogen (secondary N) is 1. The molecule has 0 aromatic heterocycles. The molecule has 5 heteroatoms. The van der Waals surface area contributed by atoms with Crippen LogP contribution in [0.5, 0.6) is 0 Å². The van der Waals surface area contributed by atoms with E-state index in [4.69, 9.17) is 10.2 Å². The predicted octanol–water partition coefficient (Wildman–Crippen LogP) is 2.09. The maximum Gasteiger partial charge on any atom is 0.320 e. The topological polar surface area (TPSA) is 86.6 Å². The molecule has 2 atom stereocenters. The van der Waals surface area contributed by atoms with E-state index in [2.05, 4.69) is 24.4 Å². The Kier molecular flexibility index (Phi) is 6.88. The van der Waals surface area contributed by atoms with E-state index in [1.54, 1.807) is 0 Å². The molecule has 0 spiro atoms. The van der Waals surface area contributed by atoms with E-state index in [0.29, 0.717) is 12.8 Å². The number of carboxylic acid groups (broad SMARTS) is 2. The molecule has 0 aliphatic rings. The summed E-state index contributed by atoms with van der Waals surface area (Å²) in [6.45, 7) is 3.57. The van der Waals surface area contributed by atoms with Crippen LogP contribution in [0.2, 0.25) is 0 Å². The molecule has 0 aliphatic heterocycles. The van der Waals surface area contributed by atoms with Crippen LogP contribution in [0.3, 0.4) is 0 Å². The first-order valence-corrected chi connectivity index (χ1v) is 7.23. The van der Waals surface area contributed by atoms with Crippen LogP contribution in [0.25, 0.3) is 0 Å². The Morgan fingerprint density at radius 3 is 2.00 bits per heavy atom. The summed E-state index contributed by atoms with van der Waals surface area (Å²) >= 11 is 0. The summed E-state index contributed by atoms with van der Waals surface area (Å²) in [5, 5.41) is 20.6. The quantitative estimate of drug-likeness (QED) is 0.649. The number of aryl methyl sites for hydroxylation is 2. The first kappa shape index (κ1) is 17.2. The number of benzene rings is 1. The van der Waals surface area contributed by atoms with Crippen molar-refractivity contribution < 1.29 is 19.8 Å². The summed E-state index contributed by atoms with van der Waals surface area (Å²) in [6.07, 6.45) is 3.09. The van der Waals surface area contributed by atoms with E-state index in [1.807, 2.05) is 12.1 Å². The summed E-state index contributed by atoms with van der Waals surface area (Å²) in [4.78, 5) is 21.9. The maximum absolute atomic E-state index is 11.2. The number of aliphatic carboxylic acids is 2. The number of rotatable bonds is 9. The number of carboxylic acids is 2. The van der Waals surface area contributed by atoms with Gasteiger partial charge in [-0.25, -0.2) is 0 Å². The molecule has 1 aromatic rings. The van der Waals surface area contributed by atoms with E-state index >= 15 is 0 Å². The third kappa shape index (κ3) is 5.95. The standard InChI is InChI=1S/C16H23NO4/c1-3-4-12-5-7-13(8-6-12)9-10-14(16(20)21)17-11(2)15(18)19/h5-8,11,14,17H,3-4,9-10H2,1-2H3,(H,18,19)(H,20,21)/t11-,14+/m1/s1. The van der Waals surface area contributed by atoms with Gasteiger partial charge in [0.25, 0.3) is 0 Å². The van der Waals surface area contributed by atoms with E-state index in [1.165, 1.54) is 12.5 Å². The molecule has 0 radical (unpaired) electrons. The zero-order valence-corrected chi connectivity index (χ0v) is 12.5. The summed E-state index contributed by atoms with van der Waals surface area (Å²) in [6, 6.07) is 6.39. The van der Waals surface area contributed by atoms with Crippen molar-refractivity contribution in [2.24, 2.45) is 0 Å². The molecule has 0 fully saturated rings. The van der Waals surface area contributed by atoms with Crippen molar-refractivity contribution in [1.82, 2.24) is 5.32 Å². The molecule has 0 unspecified atom stereocenters. The van der Waals surface area contributed by atoms with Gasteiger partial charge in [-0.15, -0.1) is 0 Å². The molecule has 3 N–H and O–H groups in total. The lowest BCUT2D eigenvalue weighted by molar-refractivity contribution is -0.142. The third-order valence-electron chi connectivity index (χ3n) is 3.40. The van der Waals surface area contributed by atoms with Crippen LogP contribution >= 0.6 is 0 Å². The molecular formula is C16H23NO4. The van der Waals surface area contributed by atoms with Crippen LogP contribution in [0.1, 0.15) is 37.8 Å². The van der Waals surface area contributed by atoms with Crippen molar-refractivity contribution in [3.05, 3.63) is 35.4 Å². The van der Waals surface area contributed by atoms with Gasteiger partial charge in [-0.3, -0.25) is 14.9 Å². The normalized spacial score (nSPS) is 13.6. The van der Waals surface area contributed by atoms with Crippen molar-refractivity contribution >= 4 is 11.9 Å². The van der Waals surface area contributed by atoms with Crippen LogP contribution in [0, 0.1) is 0 Å². The lowest BCUT2D eigenvalue weighted by Gasteiger charge is -2.17. The van der Waals surface area contributed by atoms with Crippen molar-refractivity contribution in [3.63, 3.8) is 0 Å². The molecule has 1 rings (SSSR count). The van der Waals surface area contributed by atoms with Crippen LogP contribution in [0.4, 0.5) is 0 Å².